The van der Waals surface area contributed by atoms with Crippen LogP contribution in [0.3, 0.4) is 0 Å². The monoisotopic (exact) mass is 263 g/mol. The Morgan fingerprint density at radius 1 is 1.00 bits per heavy atom. The van der Waals surface area contributed by atoms with Gasteiger partial charge in [0.2, 0.25) is 5.95 Å². The summed E-state index contributed by atoms with van der Waals surface area (Å²) in [6, 6.07) is 10.5. The molecule has 1 aromatic heterocycles. The topological polar surface area (TPSA) is 51.8 Å². The van der Waals surface area contributed by atoms with Gasteiger partial charge in [0.25, 0.3) is 0 Å². The van der Waals surface area contributed by atoms with Gasteiger partial charge in [-0.05, 0) is 37.5 Å². The first kappa shape index (κ1) is 12.6. The van der Waals surface area contributed by atoms with Crippen molar-refractivity contribution in [2.75, 3.05) is 5.73 Å². The smallest absolute Gasteiger partial charge is 0.220 e. The molecule has 0 unspecified atom stereocenters. The van der Waals surface area contributed by atoms with Crippen molar-refractivity contribution in [2.24, 2.45) is 0 Å². The lowest BCUT2D eigenvalue weighted by molar-refractivity contribution is 1.24. The fourth-order valence-electron chi connectivity index (χ4n) is 2.88. The molecule has 0 fully saturated rings. The second-order valence-corrected chi connectivity index (χ2v) is 5.25. The Labute approximate surface area is 118 Å². The zero-order chi connectivity index (χ0) is 14.3. The first-order chi connectivity index (χ1) is 9.56. The molecule has 3 heteroatoms. The van der Waals surface area contributed by atoms with Gasteiger partial charge in [-0.15, -0.1) is 0 Å². The van der Waals surface area contributed by atoms with Gasteiger partial charge in [0, 0.05) is 17.1 Å². The molecule has 0 atom stereocenters. The number of nitrogen functional groups attached to an aromatic ring is 1. The number of hydrogen-bond acceptors (Lipinski definition) is 3. The van der Waals surface area contributed by atoms with Crippen molar-refractivity contribution in [1.29, 1.82) is 0 Å². The predicted molar refractivity (Wildman–Crippen MR) is 83.6 cm³/mol. The molecule has 0 spiro atoms. The summed E-state index contributed by atoms with van der Waals surface area (Å²) in [5.74, 6) is 0.312. The minimum Gasteiger partial charge on any atom is -0.368 e. The minimum absolute atomic E-state index is 0.312. The van der Waals surface area contributed by atoms with Crippen molar-refractivity contribution in [2.45, 2.75) is 20.8 Å². The number of nitrogens with two attached hydrogens (primary N) is 1. The summed E-state index contributed by atoms with van der Waals surface area (Å²) in [7, 11) is 0. The zero-order valence-corrected chi connectivity index (χ0v) is 11.9. The average molecular weight is 263 g/mol. The highest BCUT2D eigenvalue weighted by Crippen LogP contribution is 2.33. The summed E-state index contributed by atoms with van der Waals surface area (Å²) in [5.41, 5.74) is 12.8. The van der Waals surface area contributed by atoms with E-state index in [0.29, 0.717) is 5.95 Å². The predicted octanol–water partition coefficient (Wildman–Crippen LogP) is 3.80. The standard InChI is InChI=1S/C17H17N3/c1-10-7-11(2)15(12(3)8-10)14-6-4-5-13-9-19-17(18)20-16(13)14/h4-9H,1-3H3,(H2,18,19,20). The van der Waals surface area contributed by atoms with Crippen molar-refractivity contribution >= 4 is 16.9 Å². The van der Waals surface area contributed by atoms with Gasteiger partial charge in [-0.2, -0.15) is 0 Å². The third kappa shape index (κ3) is 2.01. The van der Waals surface area contributed by atoms with Gasteiger partial charge < -0.3 is 5.73 Å². The van der Waals surface area contributed by atoms with Gasteiger partial charge in [-0.1, -0.05) is 35.9 Å². The van der Waals surface area contributed by atoms with Gasteiger partial charge in [0.05, 0.1) is 5.52 Å². The fraction of sp³-hybridized carbons (Fsp3) is 0.176. The van der Waals surface area contributed by atoms with E-state index in [9.17, 15) is 0 Å². The van der Waals surface area contributed by atoms with Crippen LogP contribution in [-0.2, 0) is 0 Å². The van der Waals surface area contributed by atoms with Crippen molar-refractivity contribution < 1.29 is 0 Å². The number of nitrogens with zero attached hydrogens (tertiary/aromatic N) is 2. The number of fused-ring (bicyclic) bond motifs is 1. The molecule has 0 aliphatic rings. The second-order valence-electron chi connectivity index (χ2n) is 5.25. The number of benzene rings is 2. The van der Waals surface area contributed by atoms with Crippen molar-refractivity contribution in [1.82, 2.24) is 9.97 Å². The van der Waals surface area contributed by atoms with Gasteiger partial charge in [-0.3, -0.25) is 0 Å². The molecular formula is C17H17N3. The summed E-state index contributed by atoms with van der Waals surface area (Å²) in [4.78, 5) is 8.49. The molecule has 1 heterocycles. The third-order valence-electron chi connectivity index (χ3n) is 3.58. The summed E-state index contributed by atoms with van der Waals surface area (Å²) >= 11 is 0. The van der Waals surface area contributed by atoms with Crippen LogP contribution in [0.15, 0.2) is 36.5 Å². The molecule has 0 saturated carbocycles. The molecule has 3 nitrogen and oxygen atoms in total. The molecule has 2 aromatic carbocycles. The summed E-state index contributed by atoms with van der Waals surface area (Å²) in [6.45, 7) is 6.39. The van der Waals surface area contributed by atoms with E-state index in [2.05, 4.69) is 48.9 Å². The Morgan fingerprint density at radius 3 is 2.40 bits per heavy atom. The summed E-state index contributed by atoms with van der Waals surface area (Å²) in [6.07, 6.45) is 1.78. The van der Waals surface area contributed by atoms with E-state index in [1.165, 1.54) is 22.3 Å². The van der Waals surface area contributed by atoms with Crippen LogP contribution in [0.4, 0.5) is 5.95 Å². The molecule has 20 heavy (non-hydrogen) atoms. The van der Waals surface area contributed by atoms with Crippen LogP contribution in [-0.4, -0.2) is 9.97 Å². The summed E-state index contributed by atoms with van der Waals surface area (Å²) < 4.78 is 0. The maximum absolute atomic E-state index is 5.75. The Morgan fingerprint density at radius 2 is 1.70 bits per heavy atom. The van der Waals surface area contributed by atoms with Crippen LogP contribution in [0, 0.1) is 20.8 Å². The normalized spacial score (nSPS) is 10.9. The van der Waals surface area contributed by atoms with Crippen LogP contribution < -0.4 is 5.73 Å². The SMILES string of the molecule is Cc1cc(C)c(-c2cccc3cnc(N)nc23)c(C)c1. The Balaban J connectivity index is 2.38. The Kier molecular flexibility index (Phi) is 2.90. The van der Waals surface area contributed by atoms with Gasteiger partial charge in [0.15, 0.2) is 0 Å². The lowest BCUT2D eigenvalue weighted by Gasteiger charge is -2.13. The molecule has 3 aromatic rings. The number of rotatable bonds is 1. The van der Waals surface area contributed by atoms with Crippen LogP contribution >= 0.6 is 0 Å². The fourth-order valence-corrected chi connectivity index (χ4v) is 2.88. The molecule has 3 rings (SSSR count). The number of anilines is 1. The minimum atomic E-state index is 0.312. The van der Waals surface area contributed by atoms with E-state index in [4.69, 9.17) is 5.73 Å². The van der Waals surface area contributed by atoms with Crippen molar-refractivity contribution in [3.8, 4) is 11.1 Å². The maximum Gasteiger partial charge on any atom is 0.220 e. The van der Waals surface area contributed by atoms with Crippen LogP contribution in [0.1, 0.15) is 16.7 Å². The maximum atomic E-state index is 5.75. The first-order valence-corrected chi connectivity index (χ1v) is 6.66. The van der Waals surface area contributed by atoms with E-state index in [-0.39, 0.29) is 0 Å². The van der Waals surface area contributed by atoms with E-state index in [1.807, 2.05) is 12.1 Å². The highest BCUT2D eigenvalue weighted by Gasteiger charge is 2.11. The van der Waals surface area contributed by atoms with E-state index < -0.39 is 0 Å². The lowest BCUT2D eigenvalue weighted by atomic mass is 9.92. The van der Waals surface area contributed by atoms with Crippen LogP contribution in [0.25, 0.3) is 22.0 Å². The van der Waals surface area contributed by atoms with Crippen molar-refractivity contribution in [3.63, 3.8) is 0 Å². The number of hydrogen-bond donors (Lipinski definition) is 1. The lowest BCUT2D eigenvalue weighted by Crippen LogP contribution is -1.97. The molecule has 0 amide bonds. The highest BCUT2D eigenvalue weighted by atomic mass is 15.0. The number of aromatic nitrogens is 2. The van der Waals surface area contributed by atoms with Gasteiger partial charge >= 0.3 is 0 Å². The molecule has 0 aliphatic heterocycles. The molecular weight excluding hydrogens is 246 g/mol. The van der Waals surface area contributed by atoms with Gasteiger partial charge in [-0.25, -0.2) is 9.97 Å². The van der Waals surface area contributed by atoms with Crippen LogP contribution in [0.5, 0.6) is 0 Å². The Bertz CT molecular complexity index is 783. The quantitative estimate of drug-likeness (QED) is 0.726. The molecule has 0 aliphatic carbocycles. The van der Waals surface area contributed by atoms with Crippen LogP contribution in [0.2, 0.25) is 0 Å². The van der Waals surface area contributed by atoms with Crippen molar-refractivity contribution in [3.05, 3.63) is 53.2 Å². The number of aryl methyl sites for hydroxylation is 3. The molecule has 0 bridgehead atoms. The number of para-hydroxylation sites is 1. The molecule has 2 N–H and O–H groups in total. The molecule has 0 radical (unpaired) electrons. The highest BCUT2D eigenvalue weighted by molar-refractivity contribution is 5.95. The largest absolute Gasteiger partial charge is 0.368 e. The van der Waals surface area contributed by atoms with E-state index in [0.717, 1.165) is 16.5 Å². The van der Waals surface area contributed by atoms with E-state index in [1.54, 1.807) is 6.20 Å². The third-order valence-corrected chi connectivity index (χ3v) is 3.58. The second kappa shape index (κ2) is 4.60. The zero-order valence-electron chi connectivity index (χ0n) is 11.9. The average Bonchev–Trinajstić information content (AvgIpc) is 2.38. The Hall–Kier alpha value is -2.42. The molecule has 100 valence electrons. The first-order valence-electron chi connectivity index (χ1n) is 6.66. The summed E-state index contributed by atoms with van der Waals surface area (Å²) in [5, 5.41) is 1.01. The molecule has 0 saturated heterocycles. The van der Waals surface area contributed by atoms with Gasteiger partial charge in [0.1, 0.15) is 0 Å². The van der Waals surface area contributed by atoms with E-state index >= 15 is 0 Å².